The lowest BCUT2D eigenvalue weighted by molar-refractivity contribution is -0.130. The maximum Gasteiger partial charge on any atom is 0.363 e. The topological polar surface area (TPSA) is 77.3 Å². The lowest BCUT2D eigenvalue weighted by atomic mass is 10.1. The van der Waals surface area contributed by atoms with Crippen molar-refractivity contribution in [3.05, 3.63) is 116 Å². The summed E-state index contributed by atoms with van der Waals surface area (Å²) >= 11 is 11.8. The molecule has 0 amide bonds. The van der Waals surface area contributed by atoms with Crippen LogP contribution in [-0.4, -0.2) is 23.7 Å². The molecule has 0 aliphatic carbocycles. The number of nitrogens with zero attached hydrogens (tertiary/aromatic N) is 2. The summed E-state index contributed by atoms with van der Waals surface area (Å²) in [7, 11) is 0. The summed E-state index contributed by atoms with van der Waals surface area (Å²) in [5, 5.41) is 1.16. The number of ether oxygens (including phenoxy) is 2. The Morgan fingerprint density at radius 1 is 0.559 bits per heavy atom. The van der Waals surface area contributed by atoms with E-state index in [0.29, 0.717) is 21.2 Å². The fraction of sp³-hybridized carbons (Fsp3) is 0. The summed E-state index contributed by atoms with van der Waals surface area (Å²) in [4.78, 5) is 33.0. The number of carbonyl (C=O) groups is 2. The lowest BCUT2D eigenvalue weighted by Crippen LogP contribution is -2.05. The van der Waals surface area contributed by atoms with Crippen molar-refractivity contribution in [3.8, 4) is 0 Å². The number of hydrogen-bond acceptors (Lipinski definition) is 6. The molecule has 0 saturated carbocycles. The number of esters is 2. The highest BCUT2D eigenvalue weighted by Gasteiger charge is 2.25. The van der Waals surface area contributed by atoms with Crippen molar-refractivity contribution in [2.24, 2.45) is 9.98 Å². The van der Waals surface area contributed by atoms with Crippen LogP contribution in [0.1, 0.15) is 22.3 Å². The van der Waals surface area contributed by atoms with Crippen molar-refractivity contribution in [3.63, 3.8) is 0 Å². The summed E-state index contributed by atoms with van der Waals surface area (Å²) in [6, 6.07) is 20.9. The number of cyclic esters (lactones) is 2. The molecule has 3 aromatic carbocycles. The van der Waals surface area contributed by atoms with E-state index in [0.717, 1.165) is 11.1 Å². The molecular weight excluding hydrogens is 475 g/mol. The Kier molecular flexibility index (Phi) is 5.84. The standard InChI is InChI=1S/C26H14Cl2N2O4/c27-19-9-5-17(6-10-19)23-29-21(25(31)33-23)13-15-1-2-16(4-3-15)14-22-26(32)34-24(30-22)18-7-11-20(28)12-8-18/h1-14H/b21-13-,22-14-. The fourth-order valence-corrected chi connectivity index (χ4v) is 3.51. The number of carbonyl (C=O) groups excluding carboxylic acids is 2. The average Bonchev–Trinajstić information content (AvgIpc) is 3.38. The predicted octanol–water partition coefficient (Wildman–Crippen LogP) is 5.68. The van der Waals surface area contributed by atoms with E-state index in [-0.39, 0.29) is 23.2 Å². The van der Waals surface area contributed by atoms with Crippen molar-refractivity contribution in [2.75, 3.05) is 0 Å². The summed E-state index contributed by atoms with van der Waals surface area (Å²) in [5.74, 6) is -0.616. The molecule has 0 N–H and O–H groups in total. The van der Waals surface area contributed by atoms with E-state index in [1.807, 2.05) is 0 Å². The molecule has 2 aliphatic rings. The Bertz CT molecular complexity index is 1310. The van der Waals surface area contributed by atoms with Crippen molar-refractivity contribution in [1.29, 1.82) is 0 Å². The highest BCUT2D eigenvalue weighted by Crippen LogP contribution is 2.23. The Labute approximate surface area is 204 Å². The maximum absolute atomic E-state index is 12.2. The predicted molar refractivity (Wildman–Crippen MR) is 131 cm³/mol. The van der Waals surface area contributed by atoms with Crippen LogP contribution in [0.2, 0.25) is 10.0 Å². The van der Waals surface area contributed by atoms with Gasteiger partial charge in [-0.1, -0.05) is 47.5 Å². The first-order valence-electron chi connectivity index (χ1n) is 10.1. The van der Waals surface area contributed by atoms with Crippen LogP contribution in [0, 0.1) is 0 Å². The van der Waals surface area contributed by atoms with Gasteiger partial charge in [-0.25, -0.2) is 19.6 Å². The van der Waals surface area contributed by atoms with E-state index in [1.165, 1.54) is 0 Å². The normalized spacial score (nSPS) is 17.6. The van der Waals surface area contributed by atoms with Crippen LogP contribution in [0.25, 0.3) is 12.2 Å². The van der Waals surface area contributed by atoms with Gasteiger partial charge in [0.05, 0.1) is 0 Å². The first-order valence-corrected chi connectivity index (χ1v) is 10.9. The number of rotatable bonds is 4. The fourth-order valence-electron chi connectivity index (χ4n) is 3.25. The van der Waals surface area contributed by atoms with Crippen LogP contribution in [0.5, 0.6) is 0 Å². The van der Waals surface area contributed by atoms with Gasteiger partial charge < -0.3 is 9.47 Å². The van der Waals surface area contributed by atoms with E-state index in [2.05, 4.69) is 9.98 Å². The van der Waals surface area contributed by atoms with Gasteiger partial charge in [-0.2, -0.15) is 0 Å². The summed E-state index contributed by atoms with van der Waals surface area (Å²) in [6.07, 6.45) is 3.26. The number of halogens is 2. The minimum absolute atomic E-state index is 0.188. The van der Waals surface area contributed by atoms with E-state index >= 15 is 0 Å². The van der Waals surface area contributed by atoms with Gasteiger partial charge in [0, 0.05) is 21.2 Å². The zero-order valence-corrected chi connectivity index (χ0v) is 18.9. The van der Waals surface area contributed by atoms with Crippen LogP contribution < -0.4 is 0 Å². The third-order valence-electron chi connectivity index (χ3n) is 4.97. The van der Waals surface area contributed by atoms with Gasteiger partial charge in [-0.15, -0.1) is 0 Å². The molecule has 8 heteroatoms. The monoisotopic (exact) mass is 488 g/mol. The van der Waals surface area contributed by atoms with E-state index in [4.69, 9.17) is 32.7 Å². The molecule has 3 aromatic rings. The Morgan fingerprint density at radius 3 is 1.26 bits per heavy atom. The highest BCUT2D eigenvalue weighted by atomic mass is 35.5. The number of aliphatic imine (C=N–C) groups is 2. The number of hydrogen-bond donors (Lipinski definition) is 0. The molecular formula is C26H14Cl2N2O4. The third-order valence-corrected chi connectivity index (χ3v) is 5.47. The van der Waals surface area contributed by atoms with Crippen LogP contribution >= 0.6 is 23.2 Å². The van der Waals surface area contributed by atoms with Gasteiger partial charge in [-0.3, -0.25) is 0 Å². The Morgan fingerprint density at radius 2 is 0.912 bits per heavy atom. The average molecular weight is 489 g/mol. The van der Waals surface area contributed by atoms with Gasteiger partial charge in [-0.05, 0) is 71.8 Å². The van der Waals surface area contributed by atoms with Crippen molar-refractivity contribution < 1.29 is 19.1 Å². The van der Waals surface area contributed by atoms with E-state index < -0.39 is 11.9 Å². The molecule has 0 aromatic heterocycles. The summed E-state index contributed by atoms with van der Waals surface area (Å²) in [6.45, 7) is 0. The van der Waals surface area contributed by atoms with Crippen molar-refractivity contribution in [2.45, 2.75) is 0 Å². The lowest BCUT2D eigenvalue weighted by Gasteiger charge is -1.98. The molecule has 34 heavy (non-hydrogen) atoms. The molecule has 0 spiro atoms. The summed E-state index contributed by atoms with van der Waals surface area (Å²) < 4.78 is 10.5. The Hall–Kier alpha value is -4.00. The largest absolute Gasteiger partial charge is 0.402 e. The molecule has 2 aliphatic heterocycles. The maximum atomic E-state index is 12.2. The molecule has 0 unspecified atom stereocenters. The van der Waals surface area contributed by atoms with E-state index in [9.17, 15) is 9.59 Å². The van der Waals surface area contributed by atoms with Gasteiger partial charge in [0.25, 0.3) is 0 Å². The molecule has 5 rings (SSSR count). The van der Waals surface area contributed by atoms with Crippen LogP contribution in [0.15, 0.2) is 94.2 Å². The van der Waals surface area contributed by atoms with Gasteiger partial charge in [0.15, 0.2) is 11.4 Å². The third kappa shape index (κ3) is 4.69. The van der Waals surface area contributed by atoms with E-state index in [1.54, 1.807) is 84.9 Å². The SMILES string of the molecule is O=C1OC(c2ccc(Cl)cc2)=N/C1=C\c1ccc(/C=C2\N=C(c3ccc(Cl)cc3)OC2=O)cc1. The second kappa shape index (κ2) is 9.09. The van der Waals surface area contributed by atoms with Crippen molar-refractivity contribution >= 4 is 59.1 Å². The molecule has 0 saturated heterocycles. The number of benzene rings is 3. The van der Waals surface area contributed by atoms with Gasteiger partial charge >= 0.3 is 11.9 Å². The first kappa shape index (κ1) is 21.8. The minimum Gasteiger partial charge on any atom is -0.402 e. The second-order valence-electron chi connectivity index (χ2n) is 7.35. The van der Waals surface area contributed by atoms with Crippen LogP contribution in [-0.2, 0) is 19.1 Å². The molecule has 0 bridgehead atoms. The van der Waals surface area contributed by atoms with Crippen LogP contribution in [0.4, 0.5) is 0 Å². The second-order valence-corrected chi connectivity index (χ2v) is 8.23. The Balaban J connectivity index is 1.34. The van der Waals surface area contributed by atoms with Gasteiger partial charge in [0.2, 0.25) is 11.8 Å². The molecule has 6 nitrogen and oxygen atoms in total. The molecule has 0 atom stereocenters. The molecule has 166 valence electrons. The molecule has 0 radical (unpaired) electrons. The molecule has 0 fully saturated rings. The first-order chi connectivity index (χ1) is 16.4. The van der Waals surface area contributed by atoms with Crippen LogP contribution in [0.3, 0.4) is 0 Å². The van der Waals surface area contributed by atoms with Gasteiger partial charge in [0.1, 0.15) is 0 Å². The quantitative estimate of drug-likeness (QED) is 0.349. The molecule has 2 heterocycles. The zero-order valence-electron chi connectivity index (χ0n) is 17.4. The minimum atomic E-state index is -0.533. The zero-order chi connectivity index (χ0) is 23.7. The summed E-state index contributed by atoms with van der Waals surface area (Å²) in [5.41, 5.74) is 3.18. The highest BCUT2D eigenvalue weighted by molar-refractivity contribution is 6.31. The van der Waals surface area contributed by atoms with Crippen molar-refractivity contribution in [1.82, 2.24) is 0 Å². The smallest absolute Gasteiger partial charge is 0.363 e.